The molecule has 0 heterocycles. The molecule has 1 aliphatic carbocycles. The summed E-state index contributed by atoms with van der Waals surface area (Å²) in [7, 11) is -3.57. The maximum atomic E-state index is 12.6. The van der Waals surface area contributed by atoms with Crippen LogP contribution in [0.4, 0.5) is 0 Å². The van der Waals surface area contributed by atoms with E-state index in [-0.39, 0.29) is 11.5 Å². The highest BCUT2D eigenvalue weighted by Crippen LogP contribution is 2.40. The van der Waals surface area contributed by atoms with E-state index in [1.165, 1.54) is 0 Å². The number of sulfonamides is 1. The fourth-order valence-electron chi connectivity index (χ4n) is 2.56. The first kappa shape index (κ1) is 15.5. The normalized spacial score (nSPS) is 16.4. The minimum atomic E-state index is -3.57. The molecule has 5 heteroatoms. The molecule has 1 saturated carbocycles. The third-order valence-electron chi connectivity index (χ3n) is 4.15. The molecule has 2 rings (SSSR count). The number of hydrogen-bond acceptors (Lipinski definition) is 3. The van der Waals surface area contributed by atoms with E-state index in [0.29, 0.717) is 11.5 Å². The van der Waals surface area contributed by atoms with Gasteiger partial charge in [0.1, 0.15) is 0 Å². The van der Waals surface area contributed by atoms with Crippen LogP contribution in [0.3, 0.4) is 0 Å². The third-order valence-corrected chi connectivity index (χ3v) is 5.94. The van der Waals surface area contributed by atoms with E-state index < -0.39 is 15.6 Å². The second kappa shape index (κ2) is 5.13. The van der Waals surface area contributed by atoms with E-state index in [2.05, 4.69) is 4.72 Å². The van der Waals surface area contributed by atoms with Crippen molar-refractivity contribution in [2.45, 2.75) is 57.6 Å². The van der Waals surface area contributed by atoms with E-state index in [1.54, 1.807) is 13.0 Å². The molecule has 0 atom stereocenters. The number of aliphatic hydroxyl groups is 1. The summed E-state index contributed by atoms with van der Waals surface area (Å²) in [6.07, 6.45) is 2.15. The Balaban J connectivity index is 2.41. The SMILES string of the molecule is Cc1cc(CO)cc(S(=O)(=O)NC(C)(C)C2CC2)c1C. The zero-order chi connectivity index (χ0) is 15.1. The predicted molar refractivity (Wildman–Crippen MR) is 79.0 cm³/mol. The Bertz CT molecular complexity index is 616. The number of hydrogen-bond donors (Lipinski definition) is 2. The Kier molecular flexibility index (Phi) is 3.97. The lowest BCUT2D eigenvalue weighted by Gasteiger charge is -2.26. The molecule has 0 amide bonds. The molecule has 0 bridgehead atoms. The summed E-state index contributed by atoms with van der Waals surface area (Å²) in [4.78, 5) is 0.273. The first-order valence-electron chi connectivity index (χ1n) is 6.92. The van der Waals surface area contributed by atoms with Gasteiger partial charge in [0.2, 0.25) is 10.0 Å². The zero-order valence-corrected chi connectivity index (χ0v) is 13.3. The number of aliphatic hydroxyl groups excluding tert-OH is 1. The summed E-state index contributed by atoms with van der Waals surface area (Å²) in [5, 5.41) is 9.26. The van der Waals surface area contributed by atoms with Gasteiger partial charge in [-0.25, -0.2) is 13.1 Å². The van der Waals surface area contributed by atoms with Crippen molar-refractivity contribution in [3.8, 4) is 0 Å². The highest BCUT2D eigenvalue weighted by molar-refractivity contribution is 7.89. The van der Waals surface area contributed by atoms with Gasteiger partial charge >= 0.3 is 0 Å². The van der Waals surface area contributed by atoms with Gasteiger partial charge < -0.3 is 5.11 Å². The number of benzene rings is 1. The van der Waals surface area contributed by atoms with Crippen molar-refractivity contribution in [3.63, 3.8) is 0 Å². The highest BCUT2D eigenvalue weighted by Gasteiger charge is 2.40. The number of rotatable bonds is 5. The molecular weight excluding hydrogens is 274 g/mol. The Morgan fingerprint density at radius 2 is 1.90 bits per heavy atom. The summed E-state index contributed by atoms with van der Waals surface area (Å²) >= 11 is 0. The Morgan fingerprint density at radius 1 is 1.30 bits per heavy atom. The van der Waals surface area contributed by atoms with E-state index in [1.807, 2.05) is 26.8 Å². The topological polar surface area (TPSA) is 66.4 Å². The zero-order valence-electron chi connectivity index (χ0n) is 12.5. The molecule has 0 aliphatic heterocycles. The molecule has 0 radical (unpaired) electrons. The minimum absolute atomic E-state index is 0.157. The van der Waals surface area contributed by atoms with E-state index in [9.17, 15) is 13.5 Å². The van der Waals surface area contributed by atoms with Crippen LogP contribution in [0.2, 0.25) is 0 Å². The average Bonchev–Trinajstić information content (AvgIpc) is 3.15. The monoisotopic (exact) mass is 297 g/mol. The summed E-state index contributed by atoms with van der Waals surface area (Å²) < 4.78 is 28.1. The molecule has 0 spiro atoms. The van der Waals surface area contributed by atoms with Crippen molar-refractivity contribution in [2.24, 2.45) is 5.92 Å². The van der Waals surface area contributed by atoms with Gasteiger partial charge in [0.05, 0.1) is 11.5 Å². The summed E-state index contributed by atoms with van der Waals surface area (Å²) in [6.45, 7) is 7.37. The van der Waals surface area contributed by atoms with Crippen molar-refractivity contribution in [2.75, 3.05) is 0 Å². The van der Waals surface area contributed by atoms with Crippen LogP contribution in [-0.4, -0.2) is 19.1 Å². The van der Waals surface area contributed by atoms with Crippen LogP contribution in [0.5, 0.6) is 0 Å². The van der Waals surface area contributed by atoms with Gasteiger partial charge in [-0.2, -0.15) is 0 Å². The Morgan fingerprint density at radius 3 is 2.40 bits per heavy atom. The molecule has 0 unspecified atom stereocenters. The van der Waals surface area contributed by atoms with E-state index >= 15 is 0 Å². The quantitative estimate of drug-likeness (QED) is 0.876. The fraction of sp³-hybridized carbons (Fsp3) is 0.600. The molecular formula is C15H23NO3S. The molecule has 20 heavy (non-hydrogen) atoms. The predicted octanol–water partition coefficient (Wildman–Crippen LogP) is 2.26. The van der Waals surface area contributed by atoms with Gasteiger partial charge in [-0.1, -0.05) is 6.07 Å². The van der Waals surface area contributed by atoms with Gasteiger partial charge in [-0.15, -0.1) is 0 Å². The lowest BCUT2D eigenvalue weighted by Crippen LogP contribution is -2.45. The summed E-state index contributed by atoms with van der Waals surface area (Å²) in [5.74, 6) is 0.416. The van der Waals surface area contributed by atoms with Crippen LogP contribution >= 0.6 is 0 Å². The second-order valence-electron chi connectivity index (χ2n) is 6.30. The standard InChI is InChI=1S/C15H23NO3S/c1-10-7-12(9-17)8-14(11(10)2)20(18,19)16-15(3,4)13-5-6-13/h7-8,13,16-17H,5-6,9H2,1-4H3. The Hall–Kier alpha value is -0.910. The third kappa shape index (κ3) is 3.05. The lowest BCUT2D eigenvalue weighted by molar-refractivity contribution is 0.281. The van der Waals surface area contributed by atoms with Crippen molar-refractivity contribution >= 4 is 10.0 Å². The highest BCUT2D eigenvalue weighted by atomic mass is 32.2. The molecule has 112 valence electrons. The van der Waals surface area contributed by atoms with Crippen LogP contribution in [-0.2, 0) is 16.6 Å². The molecule has 1 fully saturated rings. The molecule has 1 aliphatic rings. The fourth-order valence-corrected chi connectivity index (χ4v) is 4.40. The van der Waals surface area contributed by atoms with Crippen LogP contribution < -0.4 is 4.72 Å². The van der Waals surface area contributed by atoms with Gasteiger partial charge in [0.25, 0.3) is 0 Å². The molecule has 1 aromatic rings. The van der Waals surface area contributed by atoms with Gasteiger partial charge in [0, 0.05) is 5.54 Å². The van der Waals surface area contributed by atoms with Crippen molar-refractivity contribution in [1.29, 1.82) is 0 Å². The van der Waals surface area contributed by atoms with Crippen LogP contribution in [0.25, 0.3) is 0 Å². The molecule has 0 saturated heterocycles. The smallest absolute Gasteiger partial charge is 0.241 e. The van der Waals surface area contributed by atoms with Crippen molar-refractivity contribution in [1.82, 2.24) is 4.72 Å². The van der Waals surface area contributed by atoms with Gasteiger partial charge in [-0.05, 0) is 69.2 Å². The molecule has 4 nitrogen and oxygen atoms in total. The summed E-state index contributed by atoms with van der Waals surface area (Å²) in [6, 6.07) is 3.38. The second-order valence-corrected chi connectivity index (χ2v) is 7.95. The van der Waals surface area contributed by atoms with Crippen LogP contribution in [0, 0.1) is 19.8 Å². The van der Waals surface area contributed by atoms with Crippen LogP contribution in [0.1, 0.15) is 43.4 Å². The van der Waals surface area contributed by atoms with Gasteiger partial charge in [-0.3, -0.25) is 0 Å². The Labute approximate surface area is 121 Å². The average molecular weight is 297 g/mol. The van der Waals surface area contributed by atoms with Gasteiger partial charge in [0.15, 0.2) is 0 Å². The van der Waals surface area contributed by atoms with Crippen molar-refractivity contribution in [3.05, 3.63) is 28.8 Å². The lowest BCUT2D eigenvalue weighted by atomic mass is 10.0. The van der Waals surface area contributed by atoms with Crippen LogP contribution in [0.15, 0.2) is 17.0 Å². The maximum absolute atomic E-state index is 12.6. The first-order chi connectivity index (χ1) is 9.17. The van der Waals surface area contributed by atoms with E-state index in [4.69, 9.17) is 0 Å². The maximum Gasteiger partial charge on any atom is 0.241 e. The number of nitrogens with one attached hydrogen (secondary N) is 1. The molecule has 0 aromatic heterocycles. The molecule has 1 aromatic carbocycles. The first-order valence-corrected chi connectivity index (χ1v) is 8.40. The van der Waals surface area contributed by atoms with E-state index in [0.717, 1.165) is 24.0 Å². The minimum Gasteiger partial charge on any atom is -0.392 e. The molecule has 2 N–H and O–H groups in total. The number of aryl methyl sites for hydroxylation is 1. The largest absolute Gasteiger partial charge is 0.392 e. The summed E-state index contributed by atoms with van der Waals surface area (Å²) in [5.41, 5.74) is 1.81. The van der Waals surface area contributed by atoms with Crippen molar-refractivity contribution < 1.29 is 13.5 Å².